The van der Waals surface area contributed by atoms with Gasteiger partial charge in [-0.05, 0) is 24.5 Å². The predicted octanol–water partition coefficient (Wildman–Crippen LogP) is 4.25. The van der Waals surface area contributed by atoms with Gasteiger partial charge in [0.25, 0.3) is 0 Å². The van der Waals surface area contributed by atoms with Crippen molar-refractivity contribution in [2.45, 2.75) is 46.0 Å². The molecule has 0 saturated carbocycles. The number of carbonyl (C=O) groups is 1. The molecule has 0 bridgehead atoms. The fourth-order valence-electron chi connectivity index (χ4n) is 2.26. The molecule has 0 fully saturated rings. The average Bonchev–Trinajstić information content (AvgIpc) is 2.67. The number of furan rings is 1. The van der Waals surface area contributed by atoms with Gasteiger partial charge in [-0.15, -0.1) is 0 Å². The van der Waals surface area contributed by atoms with Crippen molar-refractivity contribution in [3.8, 4) is 0 Å². The lowest BCUT2D eigenvalue weighted by Crippen LogP contribution is -2.15. The largest absolute Gasteiger partial charge is 0.461 e. The van der Waals surface area contributed by atoms with Gasteiger partial charge in [0.1, 0.15) is 11.5 Å². The van der Waals surface area contributed by atoms with Crippen molar-refractivity contribution in [3.63, 3.8) is 0 Å². The number of carbonyl (C=O) groups excluding carboxylic acids is 1. The van der Waals surface area contributed by atoms with Gasteiger partial charge < -0.3 is 4.42 Å². The molecule has 17 heavy (non-hydrogen) atoms. The van der Waals surface area contributed by atoms with Crippen LogP contribution in [0.2, 0.25) is 0 Å². The third kappa shape index (κ3) is 2.87. The Balaban J connectivity index is 2.09. The smallest absolute Gasteiger partial charge is 0.166 e. The number of hydrogen-bond donors (Lipinski definition) is 0. The lowest BCUT2D eigenvalue weighted by Gasteiger charge is -2.14. The third-order valence-corrected chi connectivity index (χ3v) is 3.20. The van der Waals surface area contributed by atoms with Crippen LogP contribution in [0.4, 0.5) is 0 Å². The molecule has 0 N–H and O–H groups in total. The summed E-state index contributed by atoms with van der Waals surface area (Å²) in [5.74, 6) is 2.35. The van der Waals surface area contributed by atoms with Crippen LogP contribution in [0.1, 0.15) is 61.4 Å². The molecule has 2 nitrogen and oxygen atoms in total. The van der Waals surface area contributed by atoms with E-state index in [1.54, 1.807) is 0 Å². The SMILES string of the molecule is CCCC/C=C/c1cc2c(o1)CC(C)CC2=O. The van der Waals surface area contributed by atoms with Crippen LogP contribution in [0.25, 0.3) is 6.08 Å². The van der Waals surface area contributed by atoms with Gasteiger partial charge >= 0.3 is 0 Å². The topological polar surface area (TPSA) is 30.2 Å². The molecule has 2 rings (SSSR count). The molecule has 0 radical (unpaired) electrons. The van der Waals surface area contributed by atoms with E-state index in [2.05, 4.69) is 19.9 Å². The first kappa shape index (κ1) is 12.2. The van der Waals surface area contributed by atoms with Crippen molar-refractivity contribution in [2.24, 2.45) is 5.92 Å². The molecule has 0 spiro atoms. The van der Waals surface area contributed by atoms with Gasteiger partial charge in [0.2, 0.25) is 0 Å². The van der Waals surface area contributed by atoms with Crippen LogP contribution in [-0.2, 0) is 6.42 Å². The van der Waals surface area contributed by atoms with Crippen molar-refractivity contribution in [1.29, 1.82) is 0 Å². The number of ketones is 1. The molecule has 0 saturated heterocycles. The van der Waals surface area contributed by atoms with Crippen LogP contribution in [-0.4, -0.2) is 5.78 Å². The lowest BCUT2D eigenvalue weighted by atomic mass is 9.89. The summed E-state index contributed by atoms with van der Waals surface area (Å²) in [5, 5.41) is 0. The fraction of sp³-hybridized carbons (Fsp3) is 0.533. The number of Topliss-reactive ketones (excluding diaryl/α,β-unsaturated/α-hetero) is 1. The minimum atomic E-state index is 0.232. The van der Waals surface area contributed by atoms with Crippen LogP contribution in [0.3, 0.4) is 0 Å². The normalized spacial score (nSPS) is 19.9. The zero-order chi connectivity index (χ0) is 12.3. The van der Waals surface area contributed by atoms with Crippen molar-refractivity contribution in [3.05, 3.63) is 29.2 Å². The van der Waals surface area contributed by atoms with Crippen LogP contribution in [0, 0.1) is 5.92 Å². The first-order valence-electron chi connectivity index (χ1n) is 6.53. The molecule has 1 aliphatic carbocycles. The standard InChI is InChI=1S/C15H20O2/c1-3-4-5-6-7-12-10-13-14(16)8-11(2)9-15(13)17-12/h6-7,10-11H,3-5,8-9H2,1-2H3/b7-6+. The zero-order valence-corrected chi connectivity index (χ0v) is 10.7. The van der Waals surface area contributed by atoms with Crippen molar-refractivity contribution in [2.75, 3.05) is 0 Å². The van der Waals surface area contributed by atoms with E-state index < -0.39 is 0 Å². The number of hydrogen-bond acceptors (Lipinski definition) is 2. The second-order valence-electron chi connectivity index (χ2n) is 4.97. The molecular weight excluding hydrogens is 212 g/mol. The highest BCUT2D eigenvalue weighted by molar-refractivity contribution is 5.98. The van der Waals surface area contributed by atoms with Gasteiger partial charge in [-0.3, -0.25) is 4.79 Å². The van der Waals surface area contributed by atoms with E-state index >= 15 is 0 Å². The molecule has 1 heterocycles. The quantitative estimate of drug-likeness (QED) is 0.726. The molecule has 2 heteroatoms. The van der Waals surface area contributed by atoms with Crippen LogP contribution < -0.4 is 0 Å². The maximum absolute atomic E-state index is 11.8. The molecule has 0 amide bonds. The maximum atomic E-state index is 11.8. The molecular formula is C15H20O2. The summed E-state index contributed by atoms with van der Waals surface area (Å²) in [5.41, 5.74) is 0.804. The van der Waals surface area contributed by atoms with E-state index in [-0.39, 0.29) is 5.78 Å². The summed E-state index contributed by atoms with van der Waals surface area (Å²) in [4.78, 5) is 11.8. The number of allylic oxidation sites excluding steroid dienone is 1. The zero-order valence-electron chi connectivity index (χ0n) is 10.7. The molecule has 1 unspecified atom stereocenters. The lowest BCUT2D eigenvalue weighted by molar-refractivity contribution is 0.0949. The highest BCUT2D eigenvalue weighted by Gasteiger charge is 2.25. The summed E-state index contributed by atoms with van der Waals surface area (Å²) in [7, 11) is 0. The molecule has 92 valence electrons. The number of rotatable bonds is 4. The minimum Gasteiger partial charge on any atom is -0.461 e. The van der Waals surface area contributed by atoms with E-state index in [4.69, 9.17) is 4.42 Å². The summed E-state index contributed by atoms with van der Waals surface area (Å²) in [6.07, 6.45) is 9.15. The molecule has 0 aliphatic heterocycles. The van der Waals surface area contributed by atoms with Crippen LogP contribution in [0.5, 0.6) is 0 Å². The Labute approximate surface area is 103 Å². The van der Waals surface area contributed by atoms with Crippen LogP contribution in [0.15, 0.2) is 16.6 Å². The minimum absolute atomic E-state index is 0.232. The van der Waals surface area contributed by atoms with E-state index in [9.17, 15) is 4.79 Å². The Morgan fingerprint density at radius 1 is 1.47 bits per heavy atom. The Hall–Kier alpha value is -1.31. The van der Waals surface area contributed by atoms with Gasteiger partial charge in [0.15, 0.2) is 5.78 Å². The summed E-state index contributed by atoms with van der Waals surface area (Å²) >= 11 is 0. The molecule has 0 aromatic carbocycles. The van der Waals surface area contributed by atoms with E-state index in [1.807, 2.05) is 12.1 Å². The Morgan fingerprint density at radius 2 is 2.29 bits per heavy atom. The van der Waals surface area contributed by atoms with E-state index in [0.29, 0.717) is 12.3 Å². The van der Waals surface area contributed by atoms with Crippen LogP contribution >= 0.6 is 0 Å². The monoisotopic (exact) mass is 232 g/mol. The second-order valence-corrected chi connectivity index (χ2v) is 4.97. The highest BCUT2D eigenvalue weighted by Crippen LogP contribution is 2.28. The van der Waals surface area contributed by atoms with Crippen molar-refractivity contribution >= 4 is 11.9 Å². The molecule has 1 aromatic heterocycles. The third-order valence-electron chi connectivity index (χ3n) is 3.20. The van der Waals surface area contributed by atoms with Gasteiger partial charge in [-0.25, -0.2) is 0 Å². The first-order chi connectivity index (χ1) is 8.20. The Kier molecular flexibility index (Phi) is 3.82. The number of fused-ring (bicyclic) bond motifs is 1. The average molecular weight is 232 g/mol. The Morgan fingerprint density at radius 3 is 3.06 bits per heavy atom. The van der Waals surface area contributed by atoms with E-state index in [0.717, 1.165) is 29.9 Å². The fourth-order valence-corrected chi connectivity index (χ4v) is 2.26. The summed E-state index contributed by atoms with van der Waals surface area (Å²) in [6, 6.07) is 1.89. The summed E-state index contributed by atoms with van der Waals surface area (Å²) < 4.78 is 5.72. The van der Waals surface area contributed by atoms with Crippen molar-refractivity contribution < 1.29 is 9.21 Å². The predicted molar refractivity (Wildman–Crippen MR) is 69.1 cm³/mol. The molecule has 1 atom stereocenters. The number of unbranched alkanes of at least 4 members (excludes halogenated alkanes) is 2. The Bertz CT molecular complexity index is 426. The first-order valence-corrected chi connectivity index (χ1v) is 6.53. The summed E-state index contributed by atoms with van der Waals surface area (Å²) in [6.45, 7) is 4.28. The maximum Gasteiger partial charge on any atom is 0.166 e. The highest BCUT2D eigenvalue weighted by atomic mass is 16.3. The van der Waals surface area contributed by atoms with E-state index in [1.165, 1.54) is 12.8 Å². The second kappa shape index (κ2) is 5.35. The van der Waals surface area contributed by atoms with Gasteiger partial charge in [0.05, 0.1) is 5.56 Å². The molecule has 1 aliphatic rings. The van der Waals surface area contributed by atoms with Gasteiger partial charge in [-0.1, -0.05) is 32.8 Å². The van der Waals surface area contributed by atoms with Gasteiger partial charge in [-0.2, -0.15) is 0 Å². The van der Waals surface area contributed by atoms with Crippen molar-refractivity contribution in [1.82, 2.24) is 0 Å². The molecule has 1 aromatic rings. The van der Waals surface area contributed by atoms with Gasteiger partial charge in [0, 0.05) is 12.8 Å².